The predicted octanol–water partition coefficient (Wildman–Crippen LogP) is 1.24. The van der Waals surface area contributed by atoms with Crippen molar-refractivity contribution in [2.75, 3.05) is 13.1 Å². The van der Waals surface area contributed by atoms with Gasteiger partial charge in [-0.15, -0.1) is 0 Å². The summed E-state index contributed by atoms with van der Waals surface area (Å²) in [5.41, 5.74) is 0. The van der Waals surface area contributed by atoms with E-state index in [1.165, 1.54) is 24.0 Å². The van der Waals surface area contributed by atoms with E-state index in [1.54, 1.807) is 0 Å². The van der Waals surface area contributed by atoms with Gasteiger partial charge in [0.15, 0.2) is 6.04 Å². The quantitative estimate of drug-likeness (QED) is 0.398. The van der Waals surface area contributed by atoms with Gasteiger partial charge in [0, 0.05) is 5.92 Å². The monoisotopic (exact) mass is 138 g/mol. The number of hydrogen-bond acceptors (Lipinski definition) is 0. The zero-order chi connectivity index (χ0) is 6.93. The Bertz CT molecular complexity index is 183. The zero-order valence-corrected chi connectivity index (χ0v) is 6.88. The number of fused-ring (bicyclic) bond motifs is 1. The highest BCUT2D eigenvalue weighted by molar-refractivity contribution is 5.01. The van der Waals surface area contributed by atoms with Crippen LogP contribution in [-0.2, 0) is 0 Å². The molecule has 1 heteroatoms. The normalized spacial score (nSPS) is 69.0. The highest BCUT2D eigenvalue weighted by atomic mass is 15.7. The molecule has 10 heavy (non-hydrogen) atoms. The van der Waals surface area contributed by atoms with Crippen molar-refractivity contribution in [3.63, 3.8) is 0 Å². The van der Waals surface area contributed by atoms with Gasteiger partial charge in [0.05, 0.1) is 6.54 Å². The average Bonchev–Trinajstić information content (AvgIpc) is 2.77. The number of nitrogens with zero attached hydrogens (tertiary/aromatic N) is 1. The zero-order valence-electron chi connectivity index (χ0n) is 6.88. The van der Waals surface area contributed by atoms with Crippen molar-refractivity contribution in [2.24, 2.45) is 11.8 Å². The fraction of sp³-hybridized carbons (Fsp3) is 1.00. The SMILES string of the molecule is CC1C2C[N+]12CC1C[C@@H]1C. The van der Waals surface area contributed by atoms with Crippen LogP contribution in [0, 0.1) is 11.8 Å². The van der Waals surface area contributed by atoms with Gasteiger partial charge >= 0.3 is 0 Å². The van der Waals surface area contributed by atoms with Crippen molar-refractivity contribution in [2.45, 2.75) is 32.4 Å². The minimum absolute atomic E-state index is 1.06. The minimum atomic E-state index is 1.06. The first-order valence-electron chi connectivity index (χ1n) is 4.60. The van der Waals surface area contributed by atoms with Crippen LogP contribution < -0.4 is 0 Å². The Balaban J connectivity index is 1.62. The maximum absolute atomic E-state index is 2.42. The second-order valence-corrected chi connectivity index (χ2v) is 4.75. The fourth-order valence-electron chi connectivity index (χ4n) is 2.65. The summed E-state index contributed by atoms with van der Waals surface area (Å²) < 4.78 is 1.54. The fourth-order valence-corrected chi connectivity index (χ4v) is 2.65. The summed E-state index contributed by atoms with van der Waals surface area (Å²) in [7, 11) is 0. The maximum Gasteiger partial charge on any atom is 0.191 e. The van der Waals surface area contributed by atoms with E-state index in [1.807, 2.05) is 0 Å². The second kappa shape index (κ2) is 1.29. The molecule has 0 bridgehead atoms. The Morgan fingerprint density at radius 2 is 2.00 bits per heavy atom. The molecule has 3 fully saturated rings. The molecular formula is C9H16N+. The average molecular weight is 138 g/mol. The Kier molecular flexibility index (Phi) is 0.722. The van der Waals surface area contributed by atoms with Gasteiger partial charge in [0.2, 0.25) is 0 Å². The highest BCUT2D eigenvalue weighted by Crippen LogP contribution is 2.58. The van der Waals surface area contributed by atoms with Crippen molar-refractivity contribution in [1.82, 2.24) is 0 Å². The van der Waals surface area contributed by atoms with Crippen LogP contribution in [0.2, 0.25) is 0 Å². The molecule has 3 aliphatic rings. The summed E-state index contributed by atoms with van der Waals surface area (Å²) >= 11 is 0. The molecule has 0 aromatic heterocycles. The standard InChI is InChI=1S/C9H16N/c1-6-3-8(6)4-10-5-9(10)7(10)2/h6-9H,3-5H2,1-2H3/q+1/t6-,7?,8?,9?,10?/m0/s1. The lowest BCUT2D eigenvalue weighted by atomic mass is 10.3. The van der Waals surface area contributed by atoms with Gasteiger partial charge in [0.1, 0.15) is 12.6 Å². The Morgan fingerprint density at radius 1 is 1.40 bits per heavy atom. The molecule has 0 aromatic rings. The third-order valence-corrected chi connectivity index (χ3v) is 4.18. The van der Waals surface area contributed by atoms with E-state index in [0.29, 0.717) is 0 Å². The molecule has 0 radical (unpaired) electrons. The van der Waals surface area contributed by atoms with Gasteiger partial charge in [0.25, 0.3) is 0 Å². The van der Waals surface area contributed by atoms with Crippen LogP contribution in [0.3, 0.4) is 0 Å². The summed E-state index contributed by atoms with van der Waals surface area (Å²) in [5.74, 6) is 2.19. The predicted molar refractivity (Wildman–Crippen MR) is 40.5 cm³/mol. The maximum atomic E-state index is 2.42. The van der Waals surface area contributed by atoms with Crippen molar-refractivity contribution in [1.29, 1.82) is 0 Å². The molecule has 0 aromatic carbocycles. The molecule has 0 spiro atoms. The topological polar surface area (TPSA) is 0 Å². The van der Waals surface area contributed by atoms with Crippen LogP contribution in [0.25, 0.3) is 0 Å². The third kappa shape index (κ3) is 0.493. The summed E-state index contributed by atoms with van der Waals surface area (Å²) in [6.45, 7) is 7.88. The lowest BCUT2D eigenvalue weighted by Crippen LogP contribution is -2.22. The van der Waals surface area contributed by atoms with Gasteiger partial charge in [-0.2, -0.15) is 0 Å². The molecular weight excluding hydrogens is 122 g/mol. The molecule has 2 heterocycles. The van der Waals surface area contributed by atoms with Gasteiger partial charge in [-0.25, -0.2) is 0 Å². The number of hydrogen-bond donors (Lipinski definition) is 0. The first-order valence-corrected chi connectivity index (χ1v) is 4.60. The molecule has 1 saturated carbocycles. The van der Waals surface area contributed by atoms with E-state index in [0.717, 1.165) is 23.9 Å². The van der Waals surface area contributed by atoms with Crippen LogP contribution in [0.5, 0.6) is 0 Å². The lowest BCUT2D eigenvalue weighted by molar-refractivity contribution is -0.722. The number of quaternary nitrogens is 1. The molecule has 0 amide bonds. The van der Waals surface area contributed by atoms with Crippen LogP contribution in [-0.4, -0.2) is 29.7 Å². The van der Waals surface area contributed by atoms with Crippen molar-refractivity contribution < 1.29 is 4.48 Å². The van der Waals surface area contributed by atoms with E-state index in [4.69, 9.17) is 0 Å². The summed E-state index contributed by atoms with van der Waals surface area (Å²) in [4.78, 5) is 0. The van der Waals surface area contributed by atoms with Gasteiger partial charge in [-0.05, 0) is 19.3 Å². The summed E-state index contributed by atoms with van der Waals surface area (Å²) in [5, 5.41) is 0. The second-order valence-electron chi connectivity index (χ2n) is 4.75. The van der Waals surface area contributed by atoms with Crippen LogP contribution in [0.1, 0.15) is 20.3 Å². The molecule has 2 aliphatic heterocycles. The van der Waals surface area contributed by atoms with E-state index >= 15 is 0 Å². The van der Waals surface area contributed by atoms with E-state index in [2.05, 4.69) is 13.8 Å². The Morgan fingerprint density at radius 3 is 2.30 bits per heavy atom. The largest absolute Gasteiger partial charge is 0.299 e. The molecule has 2 saturated heterocycles. The molecule has 0 N–H and O–H groups in total. The lowest BCUT2D eigenvalue weighted by Gasteiger charge is -2.06. The first kappa shape index (κ1) is 5.59. The molecule has 3 rings (SSSR count). The van der Waals surface area contributed by atoms with Gasteiger partial charge < -0.3 is 0 Å². The van der Waals surface area contributed by atoms with Crippen LogP contribution >= 0.6 is 0 Å². The Labute approximate surface area is 62.6 Å². The summed E-state index contributed by atoms with van der Waals surface area (Å²) in [6.07, 6.45) is 1.53. The van der Waals surface area contributed by atoms with Crippen LogP contribution in [0.15, 0.2) is 0 Å². The third-order valence-electron chi connectivity index (χ3n) is 4.18. The van der Waals surface area contributed by atoms with E-state index in [9.17, 15) is 0 Å². The molecule has 5 atom stereocenters. The van der Waals surface area contributed by atoms with Crippen molar-refractivity contribution in [3.05, 3.63) is 0 Å². The molecule has 4 unspecified atom stereocenters. The van der Waals surface area contributed by atoms with Crippen molar-refractivity contribution >= 4 is 0 Å². The Hall–Kier alpha value is -0.0400. The van der Waals surface area contributed by atoms with E-state index in [-0.39, 0.29) is 0 Å². The van der Waals surface area contributed by atoms with Gasteiger partial charge in [-0.1, -0.05) is 6.92 Å². The molecule has 1 aliphatic carbocycles. The summed E-state index contributed by atoms with van der Waals surface area (Å²) in [6, 6.07) is 2.19. The van der Waals surface area contributed by atoms with Crippen molar-refractivity contribution in [3.8, 4) is 0 Å². The first-order chi connectivity index (χ1) is 4.74. The number of rotatable bonds is 2. The van der Waals surface area contributed by atoms with Crippen LogP contribution in [0.4, 0.5) is 0 Å². The smallest absolute Gasteiger partial charge is 0.191 e. The van der Waals surface area contributed by atoms with Gasteiger partial charge in [-0.3, -0.25) is 4.48 Å². The molecule has 1 nitrogen and oxygen atoms in total. The molecule has 56 valence electrons. The van der Waals surface area contributed by atoms with E-state index < -0.39 is 0 Å². The highest BCUT2D eigenvalue weighted by Gasteiger charge is 2.81. The minimum Gasteiger partial charge on any atom is -0.299 e.